The first-order valence-corrected chi connectivity index (χ1v) is 10.3. The van der Waals surface area contributed by atoms with Crippen LogP contribution in [-0.2, 0) is 9.16 Å². The Morgan fingerprint density at radius 2 is 1.26 bits per heavy atom. The quantitative estimate of drug-likeness (QED) is 0.571. The van der Waals surface area contributed by atoms with Crippen LogP contribution in [0.5, 0.6) is 0 Å². The van der Waals surface area contributed by atoms with Crippen LogP contribution in [0.1, 0.15) is 27.7 Å². The molecule has 0 fully saturated rings. The molecule has 0 saturated heterocycles. The molecule has 23 heavy (non-hydrogen) atoms. The third kappa shape index (κ3) is 3.92. The lowest BCUT2D eigenvalue weighted by Crippen LogP contribution is -2.66. The lowest BCUT2D eigenvalue weighted by molar-refractivity contribution is 0.106. The summed E-state index contributed by atoms with van der Waals surface area (Å²) in [5.41, 5.74) is 0. The Morgan fingerprint density at radius 3 is 1.65 bits per heavy atom. The van der Waals surface area contributed by atoms with Crippen molar-refractivity contribution in [3.63, 3.8) is 0 Å². The molecule has 0 aromatic heterocycles. The van der Waals surface area contributed by atoms with Gasteiger partial charge in [0.05, 0.1) is 13.2 Å². The van der Waals surface area contributed by atoms with E-state index in [9.17, 15) is 0 Å². The second kappa shape index (κ2) is 7.91. The van der Waals surface area contributed by atoms with Crippen molar-refractivity contribution in [3.05, 3.63) is 60.7 Å². The maximum atomic E-state index is 6.68. The molecule has 0 atom stereocenters. The van der Waals surface area contributed by atoms with Gasteiger partial charge in [-0.3, -0.25) is 0 Å². The fourth-order valence-electron chi connectivity index (χ4n) is 3.16. The third-order valence-electron chi connectivity index (χ3n) is 4.17. The van der Waals surface area contributed by atoms with Gasteiger partial charge in [0.25, 0.3) is 8.32 Å². The number of benzene rings is 2. The van der Waals surface area contributed by atoms with Gasteiger partial charge in [-0.2, -0.15) is 0 Å². The van der Waals surface area contributed by atoms with Crippen molar-refractivity contribution in [3.8, 4) is 0 Å². The Labute approximate surface area is 141 Å². The molecular formula is C20H28O2Si. The summed E-state index contributed by atoms with van der Waals surface area (Å²) in [6.07, 6.45) is 0. The van der Waals surface area contributed by atoms with Crippen LogP contribution in [0.25, 0.3) is 0 Å². The van der Waals surface area contributed by atoms with E-state index in [2.05, 4.69) is 81.4 Å². The zero-order valence-corrected chi connectivity index (χ0v) is 15.7. The average molecular weight is 329 g/mol. The number of rotatable bonds is 7. The highest BCUT2D eigenvalue weighted by Crippen LogP contribution is 2.36. The minimum Gasteiger partial charge on any atom is -0.405 e. The van der Waals surface area contributed by atoms with E-state index in [-0.39, 0.29) is 5.04 Å². The van der Waals surface area contributed by atoms with Crippen molar-refractivity contribution in [2.75, 3.05) is 19.8 Å². The highest BCUT2D eigenvalue weighted by molar-refractivity contribution is 6.99. The monoisotopic (exact) mass is 328 g/mol. The molecule has 0 aliphatic rings. The van der Waals surface area contributed by atoms with Gasteiger partial charge in [-0.25, -0.2) is 0 Å². The van der Waals surface area contributed by atoms with E-state index >= 15 is 0 Å². The van der Waals surface area contributed by atoms with Gasteiger partial charge in [0.15, 0.2) is 0 Å². The molecule has 0 aliphatic carbocycles. The summed E-state index contributed by atoms with van der Waals surface area (Å²) in [6, 6.07) is 21.4. The summed E-state index contributed by atoms with van der Waals surface area (Å²) in [4.78, 5) is 0. The molecule has 3 heteroatoms. The standard InChI is InChI=1S/C20H28O2Si/c1-5-21-16-17-22-23(20(2,3)4,18-12-8-6-9-13-18)19-14-10-7-11-15-19/h6-15H,5,16-17H2,1-4H3. The smallest absolute Gasteiger partial charge is 0.261 e. The normalized spacial score (nSPS) is 12.3. The van der Waals surface area contributed by atoms with Gasteiger partial charge in [-0.1, -0.05) is 81.4 Å². The fourth-order valence-corrected chi connectivity index (χ4v) is 7.70. The lowest BCUT2D eigenvalue weighted by atomic mass is 10.2. The predicted molar refractivity (Wildman–Crippen MR) is 100 cm³/mol. The minimum absolute atomic E-state index is 0.0297. The van der Waals surface area contributed by atoms with Crippen molar-refractivity contribution in [2.45, 2.75) is 32.7 Å². The van der Waals surface area contributed by atoms with E-state index in [0.717, 1.165) is 6.61 Å². The molecule has 2 aromatic carbocycles. The lowest BCUT2D eigenvalue weighted by Gasteiger charge is -2.43. The van der Waals surface area contributed by atoms with Crippen molar-refractivity contribution >= 4 is 18.7 Å². The molecule has 0 bridgehead atoms. The molecule has 2 rings (SSSR count). The first kappa shape index (κ1) is 17.9. The molecular weight excluding hydrogens is 300 g/mol. The molecule has 2 aromatic rings. The Kier molecular flexibility index (Phi) is 6.16. The molecule has 2 nitrogen and oxygen atoms in total. The summed E-state index contributed by atoms with van der Waals surface area (Å²) in [7, 11) is -2.38. The van der Waals surface area contributed by atoms with E-state index < -0.39 is 8.32 Å². The Hall–Kier alpha value is -1.42. The molecule has 0 heterocycles. The van der Waals surface area contributed by atoms with Crippen LogP contribution >= 0.6 is 0 Å². The van der Waals surface area contributed by atoms with E-state index in [1.807, 2.05) is 6.92 Å². The van der Waals surface area contributed by atoms with E-state index in [1.54, 1.807) is 0 Å². The predicted octanol–water partition coefficient (Wildman–Crippen LogP) is 3.60. The van der Waals surface area contributed by atoms with Crippen LogP contribution in [0, 0.1) is 0 Å². The van der Waals surface area contributed by atoms with Crippen LogP contribution < -0.4 is 10.4 Å². The van der Waals surface area contributed by atoms with Crippen molar-refractivity contribution < 1.29 is 9.16 Å². The SMILES string of the molecule is CCOCCO[Si](c1ccccc1)(c1ccccc1)C(C)(C)C. The van der Waals surface area contributed by atoms with Crippen LogP contribution in [0.4, 0.5) is 0 Å². The molecule has 0 N–H and O–H groups in total. The molecule has 0 saturated carbocycles. The summed E-state index contributed by atoms with van der Waals surface area (Å²) in [5.74, 6) is 0. The van der Waals surface area contributed by atoms with E-state index in [0.29, 0.717) is 13.2 Å². The zero-order valence-electron chi connectivity index (χ0n) is 14.7. The minimum atomic E-state index is -2.38. The maximum absolute atomic E-state index is 6.68. The first-order valence-electron chi connectivity index (χ1n) is 8.35. The summed E-state index contributed by atoms with van der Waals surface area (Å²) < 4.78 is 12.2. The number of hydrogen-bond donors (Lipinski definition) is 0. The molecule has 0 amide bonds. The Bertz CT molecular complexity index is 536. The maximum Gasteiger partial charge on any atom is 0.261 e. The van der Waals surface area contributed by atoms with Crippen LogP contribution in [0.2, 0.25) is 5.04 Å². The highest BCUT2D eigenvalue weighted by Gasteiger charge is 2.49. The molecule has 0 radical (unpaired) electrons. The first-order chi connectivity index (χ1) is 11.0. The fraction of sp³-hybridized carbons (Fsp3) is 0.400. The zero-order chi connectivity index (χ0) is 16.8. The topological polar surface area (TPSA) is 18.5 Å². The summed E-state index contributed by atoms with van der Waals surface area (Å²) >= 11 is 0. The van der Waals surface area contributed by atoms with E-state index in [1.165, 1.54) is 10.4 Å². The largest absolute Gasteiger partial charge is 0.405 e. The number of hydrogen-bond acceptors (Lipinski definition) is 2. The van der Waals surface area contributed by atoms with Crippen molar-refractivity contribution in [1.29, 1.82) is 0 Å². The molecule has 124 valence electrons. The van der Waals surface area contributed by atoms with Gasteiger partial charge < -0.3 is 9.16 Å². The molecule has 0 unspecified atom stereocenters. The second-order valence-corrected chi connectivity index (χ2v) is 11.0. The third-order valence-corrected chi connectivity index (χ3v) is 9.21. The van der Waals surface area contributed by atoms with Gasteiger partial charge >= 0.3 is 0 Å². The highest BCUT2D eigenvalue weighted by atomic mass is 28.4. The van der Waals surface area contributed by atoms with Crippen LogP contribution in [-0.4, -0.2) is 28.1 Å². The van der Waals surface area contributed by atoms with Crippen molar-refractivity contribution in [2.24, 2.45) is 0 Å². The van der Waals surface area contributed by atoms with Gasteiger partial charge in [0, 0.05) is 6.61 Å². The van der Waals surface area contributed by atoms with Crippen LogP contribution in [0.15, 0.2) is 60.7 Å². The average Bonchev–Trinajstić information content (AvgIpc) is 2.55. The van der Waals surface area contributed by atoms with E-state index in [4.69, 9.17) is 9.16 Å². The Morgan fingerprint density at radius 1 is 0.783 bits per heavy atom. The summed E-state index contributed by atoms with van der Waals surface area (Å²) in [5, 5.41) is 2.66. The number of ether oxygens (including phenoxy) is 1. The second-order valence-electron chi connectivity index (χ2n) is 6.71. The van der Waals surface area contributed by atoms with Gasteiger partial charge in [0.1, 0.15) is 0 Å². The van der Waals surface area contributed by atoms with Crippen molar-refractivity contribution in [1.82, 2.24) is 0 Å². The summed E-state index contributed by atoms with van der Waals surface area (Å²) in [6.45, 7) is 10.9. The van der Waals surface area contributed by atoms with Gasteiger partial charge in [-0.15, -0.1) is 0 Å². The van der Waals surface area contributed by atoms with Gasteiger partial charge in [-0.05, 0) is 22.3 Å². The van der Waals surface area contributed by atoms with Gasteiger partial charge in [0.2, 0.25) is 0 Å². The van der Waals surface area contributed by atoms with Crippen LogP contribution in [0.3, 0.4) is 0 Å². The molecule has 0 spiro atoms. The Balaban J connectivity index is 2.51. The molecule has 0 aliphatic heterocycles.